The molecule has 2 aromatic carbocycles. The molecule has 0 radical (unpaired) electrons. The van der Waals surface area contributed by atoms with Crippen molar-refractivity contribution in [3.8, 4) is 21.7 Å². The molecule has 71 heavy (non-hydrogen) atoms. The smallest absolute Gasteiger partial charge is 0.269 e. The number of amides is 3. The van der Waals surface area contributed by atoms with E-state index in [0.717, 1.165) is 27.3 Å². The summed E-state index contributed by atoms with van der Waals surface area (Å²) in [6.07, 6.45) is 1.35. The maximum atomic E-state index is 14.3. The van der Waals surface area contributed by atoms with Gasteiger partial charge in [0.05, 0.1) is 65.5 Å². The number of Topliss-reactive ketones (excluding diaryl/α,β-unsaturated/α-hetero) is 1. The van der Waals surface area contributed by atoms with Crippen molar-refractivity contribution in [2.75, 3.05) is 45.9 Å². The molecule has 3 aromatic heterocycles. The number of halogens is 1. The summed E-state index contributed by atoms with van der Waals surface area (Å²) in [5.74, 6) is -2.58. The number of nitrogens with zero attached hydrogens (tertiary/aromatic N) is 8. The normalized spacial score (nSPS) is 19.1. The Kier molecular flexibility index (Phi) is 17.2. The SMILES string of the molecule is [C-]#[N+]c1ccc(-c2ccn(C[C@H](C)NC(=O)c3cc(/C(C)=N/OCCN4CCN(CC(=O)N[C@H](C(=O)C5C[C@H](O)C[C@H]5C(=O)N[C@@H](C)c5ccc(-c6scnc6C)cc5)C(C)(C)C)CC4)n[nH]3)n2)cc1Cl. The highest BCUT2D eigenvalue weighted by molar-refractivity contribution is 7.13. The zero-order chi connectivity index (χ0) is 51.0. The van der Waals surface area contributed by atoms with E-state index in [4.69, 9.17) is 23.0 Å². The van der Waals surface area contributed by atoms with E-state index in [1.165, 1.54) is 0 Å². The monoisotopic (exact) mass is 1010 g/mol. The Balaban J connectivity index is 0.818. The van der Waals surface area contributed by atoms with Gasteiger partial charge in [0.25, 0.3) is 5.91 Å². The number of hydrogen-bond acceptors (Lipinski definition) is 13. The number of benzene rings is 2. The van der Waals surface area contributed by atoms with Gasteiger partial charge < -0.3 is 25.9 Å². The Hall–Kier alpha value is -6.30. The number of piperazine rings is 1. The van der Waals surface area contributed by atoms with Crippen LogP contribution in [0.25, 0.3) is 26.5 Å². The van der Waals surface area contributed by atoms with Crippen LogP contribution in [0.5, 0.6) is 0 Å². The van der Waals surface area contributed by atoms with Crippen LogP contribution in [-0.2, 0) is 25.8 Å². The molecule has 1 unspecified atom stereocenters. The lowest BCUT2D eigenvalue weighted by Crippen LogP contribution is -2.56. The Morgan fingerprint density at radius 1 is 0.986 bits per heavy atom. The van der Waals surface area contributed by atoms with Crippen molar-refractivity contribution in [1.29, 1.82) is 0 Å². The highest BCUT2D eigenvalue weighted by Crippen LogP contribution is 2.37. The molecule has 376 valence electrons. The van der Waals surface area contributed by atoms with E-state index in [0.29, 0.717) is 73.7 Å². The van der Waals surface area contributed by atoms with E-state index < -0.39 is 29.4 Å². The summed E-state index contributed by atoms with van der Waals surface area (Å²) in [5.41, 5.74) is 7.25. The third kappa shape index (κ3) is 13.6. The van der Waals surface area contributed by atoms with Crippen LogP contribution in [0.4, 0.5) is 5.69 Å². The van der Waals surface area contributed by atoms with E-state index in [1.807, 2.05) is 83.6 Å². The van der Waals surface area contributed by atoms with Crippen molar-refractivity contribution in [3.63, 3.8) is 0 Å². The fourth-order valence-corrected chi connectivity index (χ4v) is 10.0. The van der Waals surface area contributed by atoms with Crippen molar-refractivity contribution in [2.45, 2.75) is 92.1 Å². The van der Waals surface area contributed by atoms with Crippen molar-refractivity contribution in [2.24, 2.45) is 22.4 Å². The first-order chi connectivity index (χ1) is 33.9. The van der Waals surface area contributed by atoms with Gasteiger partial charge in [-0.15, -0.1) is 11.3 Å². The lowest BCUT2D eigenvalue weighted by Gasteiger charge is -2.36. The van der Waals surface area contributed by atoms with Gasteiger partial charge >= 0.3 is 0 Å². The summed E-state index contributed by atoms with van der Waals surface area (Å²) < 4.78 is 1.73. The summed E-state index contributed by atoms with van der Waals surface area (Å²) in [5, 5.41) is 36.0. The number of aliphatic hydroxyl groups is 1. The molecule has 1 aliphatic carbocycles. The van der Waals surface area contributed by atoms with Crippen LogP contribution in [0.2, 0.25) is 5.02 Å². The molecule has 1 aliphatic heterocycles. The molecule has 20 heteroatoms. The lowest BCUT2D eigenvalue weighted by molar-refractivity contribution is -0.137. The van der Waals surface area contributed by atoms with E-state index in [-0.39, 0.29) is 60.7 Å². The third-order valence-electron chi connectivity index (χ3n) is 13.0. The van der Waals surface area contributed by atoms with Crippen LogP contribution in [0.1, 0.15) is 87.9 Å². The van der Waals surface area contributed by atoms with Crippen molar-refractivity contribution < 1.29 is 29.1 Å². The van der Waals surface area contributed by atoms with Crippen LogP contribution < -0.4 is 16.0 Å². The number of oxime groups is 1. The van der Waals surface area contributed by atoms with Gasteiger partial charge in [0.1, 0.15) is 23.7 Å². The predicted molar refractivity (Wildman–Crippen MR) is 273 cm³/mol. The number of ketones is 1. The van der Waals surface area contributed by atoms with E-state index in [2.05, 4.69) is 56.0 Å². The Bertz CT molecular complexity index is 2750. The topological polar surface area (TPSA) is 216 Å². The number of rotatable bonds is 19. The molecule has 2 fully saturated rings. The minimum Gasteiger partial charge on any atom is -0.394 e. The summed E-state index contributed by atoms with van der Waals surface area (Å²) in [6, 6.07) is 15.2. The second-order valence-corrected chi connectivity index (χ2v) is 20.9. The van der Waals surface area contributed by atoms with E-state index in [1.54, 1.807) is 47.2 Å². The summed E-state index contributed by atoms with van der Waals surface area (Å²) in [6.45, 7) is 24.6. The molecule has 7 rings (SSSR count). The van der Waals surface area contributed by atoms with E-state index >= 15 is 0 Å². The maximum Gasteiger partial charge on any atom is 0.269 e. The van der Waals surface area contributed by atoms with Gasteiger partial charge in [-0.2, -0.15) is 10.2 Å². The lowest BCUT2D eigenvalue weighted by atomic mass is 9.77. The number of aliphatic hydroxyl groups excluding tert-OH is 1. The highest BCUT2D eigenvalue weighted by Gasteiger charge is 2.47. The summed E-state index contributed by atoms with van der Waals surface area (Å²) in [4.78, 5) is 73.4. The number of nitrogens with one attached hydrogen (secondary N) is 4. The average molecular weight is 1010 g/mol. The number of aromatic amines is 1. The molecule has 0 bridgehead atoms. The van der Waals surface area contributed by atoms with Crippen LogP contribution in [0.15, 0.2) is 71.5 Å². The Labute approximate surface area is 423 Å². The molecule has 3 amide bonds. The second kappa shape index (κ2) is 23.3. The van der Waals surface area contributed by atoms with Crippen LogP contribution in [0.3, 0.4) is 0 Å². The number of thiazole rings is 1. The molecule has 1 saturated carbocycles. The number of carbonyl (C=O) groups is 4. The number of carbonyl (C=O) groups excluding carboxylic acids is 4. The Morgan fingerprint density at radius 3 is 2.37 bits per heavy atom. The van der Waals surface area contributed by atoms with Crippen LogP contribution in [-0.4, -0.2) is 133 Å². The summed E-state index contributed by atoms with van der Waals surface area (Å²) >= 11 is 7.79. The van der Waals surface area contributed by atoms with Gasteiger partial charge in [0.2, 0.25) is 17.5 Å². The first kappa shape index (κ1) is 52.5. The largest absolute Gasteiger partial charge is 0.394 e. The zero-order valence-corrected chi connectivity index (χ0v) is 42.8. The first-order valence-electron chi connectivity index (χ1n) is 23.9. The van der Waals surface area contributed by atoms with Gasteiger partial charge in [-0.3, -0.25) is 38.8 Å². The van der Waals surface area contributed by atoms with Gasteiger partial charge in [0.15, 0.2) is 5.78 Å². The minimum atomic E-state index is -0.852. The zero-order valence-electron chi connectivity index (χ0n) is 41.2. The summed E-state index contributed by atoms with van der Waals surface area (Å²) in [7, 11) is 0. The van der Waals surface area contributed by atoms with Gasteiger partial charge in [-0.1, -0.05) is 73.9 Å². The van der Waals surface area contributed by atoms with Crippen LogP contribution >= 0.6 is 22.9 Å². The molecule has 0 spiro atoms. The minimum absolute atomic E-state index is 0.120. The molecular weight excluding hydrogens is 944 g/mol. The van der Waals surface area contributed by atoms with Gasteiger partial charge in [0, 0.05) is 61.5 Å². The van der Waals surface area contributed by atoms with E-state index in [9.17, 15) is 24.3 Å². The van der Waals surface area contributed by atoms with Crippen molar-refractivity contribution in [3.05, 3.63) is 105 Å². The fourth-order valence-electron chi connectivity index (χ4n) is 9.01. The number of aryl methyl sites for hydroxylation is 1. The molecule has 18 nitrogen and oxygen atoms in total. The number of hydrogen-bond donors (Lipinski definition) is 5. The molecule has 5 N–H and O–H groups in total. The van der Waals surface area contributed by atoms with Gasteiger partial charge in [-0.05, 0) is 75.3 Å². The molecule has 4 heterocycles. The molecule has 1 saturated heterocycles. The maximum absolute atomic E-state index is 14.3. The number of aromatic nitrogens is 5. The fraction of sp³-hybridized carbons (Fsp3) is 0.471. The van der Waals surface area contributed by atoms with Crippen molar-refractivity contribution in [1.82, 2.24) is 50.7 Å². The molecule has 2 aliphatic rings. The Morgan fingerprint density at radius 2 is 1.69 bits per heavy atom. The quantitative estimate of drug-likeness (QED) is 0.0262. The first-order valence-corrected chi connectivity index (χ1v) is 25.1. The predicted octanol–water partition coefficient (Wildman–Crippen LogP) is 6.45. The third-order valence-corrected chi connectivity index (χ3v) is 14.3. The second-order valence-electron chi connectivity index (χ2n) is 19.6. The highest BCUT2D eigenvalue weighted by atomic mass is 35.5. The van der Waals surface area contributed by atoms with Crippen molar-refractivity contribution >= 4 is 57.8 Å². The molecule has 6 atom stereocenters. The number of H-pyrrole nitrogens is 1. The molecular formula is C51H63ClN12O6S. The van der Waals surface area contributed by atoms with Crippen LogP contribution in [0, 0.1) is 30.7 Å². The standard InChI is InChI=1S/C51H63ClN12O6S/c1-30(27-64-16-15-41(60-64)36-13-14-42(53-8)40(52)23-36)55-50(69)44-26-43(58-59-44)32(3)61-70-22-21-62-17-19-63(20-18-62)28-45(66)57-48(51(5,6)7)46(67)38-24-37(65)25-39(38)49(68)56-31(2)34-9-11-35(12-10-34)47-33(4)54-29-71-47/h9-16,23,26,29-31,37-39,48,65H,17-22,24-25,27-28H2,1-7H3,(H,55,69)(H,56,68)(H,57,66)(H,58,59)/b61-32+/t30-,31-,37-,38?,39+,48+/m0/s1. The van der Waals surface area contributed by atoms with Gasteiger partial charge in [-0.25, -0.2) is 9.83 Å². The average Bonchev–Trinajstić information content (AvgIpc) is 4.18. The molecule has 5 aromatic rings.